The summed E-state index contributed by atoms with van der Waals surface area (Å²) < 4.78 is 11.2. The van der Waals surface area contributed by atoms with E-state index in [0.717, 1.165) is 5.39 Å². The van der Waals surface area contributed by atoms with E-state index in [0.29, 0.717) is 42.9 Å². The lowest BCUT2D eigenvalue weighted by Crippen LogP contribution is -2.34. The Labute approximate surface area is 160 Å². The first-order valence-corrected chi connectivity index (χ1v) is 9.37. The molecule has 0 bridgehead atoms. The average Bonchev–Trinajstić information content (AvgIpc) is 2.69. The molecule has 0 spiro atoms. The molecule has 0 atom stereocenters. The number of amides is 2. The van der Waals surface area contributed by atoms with Crippen molar-refractivity contribution in [1.82, 2.24) is 9.80 Å². The maximum absolute atomic E-state index is 13.0. The first kappa shape index (κ1) is 20.6. The van der Waals surface area contributed by atoms with Gasteiger partial charge in [0.05, 0.1) is 12.7 Å². The van der Waals surface area contributed by atoms with Crippen LogP contribution in [-0.2, 0) is 0 Å². The normalized spacial score (nSPS) is 10.6. The van der Waals surface area contributed by atoms with Gasteiger partial charge >= 0.3 is 6.09 Å². The van der Waals surface area contributed by atoms with Gasteiger partial charge < -0.3 is 19.3 Å². The molecule has 0 aliphatic carbocycles. The number of hydrogen-bond acceptors (Lipinski definition) is 4. The number of fused-ring (bicyclic) bond motifs is 1. The summed E-state index contributed by atoms with van der Waals surface area (Å²) in [5.41, 5.74) is 0.375. The van der Waals surface area contributed by atoms with Crippen molar-refractivity contribution in [3.63, 3.8) is 0 Å². The first-order chi connectivity index (χ1) is 13.0. The molecule has 27 heavy (non-hydrogen) atoms. The number of hydrogen-bond donors (Lipinski definition) is 0. The molecule has 0 saturated heterocycles. The lowest BCUT2D eigenvalue weighted by Gasteiger charge is -2.23. The Morgan fingerprint density at radius 2 is 1.48 bits per heavy atom. The third kappa shape index (κ3) is 4.15. The van der Waals surface area contributed by atoms with Crippen molar-refractivity contribution < 1.29 is 19.1 Å². The molecule has 0 fully saturated rings. The van der Waals surface area contributed by atoms with Gasteiger partial charge in [-0.1, -0.05) is 12.1 Å². The zero-order valence-electron chi connectivity index (χ0n) is 16.7. The lowest BCUT2D eigenvalue weighted by molar-refractivity contribution is 0.0769. The summed E-state index contributed by atoms with van der Waals surface area (Å²) in [5.74, 6) is 0.779. The van der Waals surface area contributed by atoms with Crippen LogP contribution in [-0.4, -0.2) is 55.1 Å². The molecule has 0 saturated carbocycles. The maximum atomic E-state index is 13.0. The van der Waals surface area contributed by atoms with Gasteiger partial charge in [0.15, 0.2) is 5.75 Å². The summed E-state index contributed by atoms with van der Waals surface area (Å²) in [7, 11) is 1.59. The molecule has 2 rings (SSSR count). The summed E-state index contributed by atoms with van der Waals surface area (Å²) in [6, 6.07) is 9.03. The van der Waals surface area contributed by atoms with Crippen LogP contribution in [0.4, 0.5) is 4.79 Å². The van der Waals surface area contributed by atoms with Crippen LogP contribution in [0.5, 0.6) is 11.5 Å². The van der Waals surface area contributed by atoms with Gasteiger partial charge in [-0.05, 0) is 45.9 Å². The van der Waals surface area contributed by atoms with E-state index >= 15 is 0 Å². The highest BCUT2D eigenvalue weighted by molar-refractivity contribution is 6.06. The van der Waals surface area contributed by atoms with Gasteiger partial charge in [-0.2, -0.15) is 0 Å². The van der Waals surface area contributed by atoms with Gasteiger partial charge in [0.25, 0.3) is 5.91 Å². The van der Waals surface area contributed by atoms with Crippen LogP contribution >= 0.6 is 0 Å². The molecule has 2 aromatic carbocycles. The Morgan fingerprint density at radius 3 is 2.04 bits per heavy atom. The summed E-state index contributed by atoms with van der Waals surface area (Å²) in [4.78, 5) is 28.9. The smallest absolute Gasteiger partial charge is 0.415 e. The average molecular weight is 372 g/mol. The molecule has 0 heterocycles. The third-order valence-electron chi connectivity index (χ3n) is 4.68. The molecule has 0 aromatic heterocycles. The van der Waals surface area contributed by atoms with E-state index in [2.05, 4.69) is 0 Å². The SMILES string of the molecule is CCN(CC)C(=O)Oc1c(C(=O)N(CC)CC)ccc2c(OC)cccc12. The zero-order chi connectivity index (χ0) is 20.0. The topological polar surface area (TPSA) is 59.1 Å². The van der Waals surface area contributed by atoms with Crippen LogP contribution in [0.25, 0.3) is 10.8 Å². The fourth-order valence-corrected chi connectivity index (χ4v) is 3.07. The van der Waals surface area contributed by atoms with Gasteiger partial charge in [-0.25, -0.2) is 4.79 Å². The Hall–Kier alpha value is -2.76. The van der Waals surface area contributed by atoms with E-state index in [1.807, 2.05) is 52.0 Å². The second-order valence-electron chi connectivity index (χ2n) is 6.02. The van der Waals surface area contributed by atoms with Gasteiger partial charge in [0, 0.05) is 37.0 Å². The van der Waals surface area contributed by atoms with E-state index in [-0.39, 0.29) is 11.7 Å². The van der Waals surface area contributed by atoms with Gasteiger partial charge in [-0.3, -0.25) is 4.79 Å². The van der Waals surface area contributed by atoms with Crippen LogP contribution in [0.3, 0.4) is 0 Å². The zero-order valence-corrected chi connectivity index (χ0v) is 16.7. The van der Waals surface area contributed by atoms with Crippen molar-refractivity contribution in [3.8, 4) is 11.5 Å². The predicted octanol–water partition coefficient (Wildman–Crippen LogP) is 4.17. The van der Waals surface area contributed by atoms with Gasteiger partial charge in [-0.15, -0.1) is 0 Å². The molecule has 6 heteroatoms. The van der Waals surface area contributed by atoms with Crippen LogP contribution in [0.15, 0.2) is 30.3 Å². The Morgan fingerprint density at radius 1 is 0.852 bits per heavy atom. The number of rotatable bonds is 7. The van der Waals surface area contributed by atoms with Crippen molar-refractivity contribution in [3.05, 3.63) is 35.9 Å². The number of nitrogens with zero attached hydrogens (tertiary/aromatic N) is 2. The van der Waals surface area contributed by atoms with Gasteiger partial charge in [0.1, 0.15) is 5.75 Å². The molecule has 0 N–H and O–H groups in total. The predicted molar refractivity (Wildman–Crippen MR) is 107 cm³/mol. The van der Waals surface area contributed by atoms with E-state index in [1.165, 1.54) is 0 Å². The minimum atomic E-state index is -0.469. The van der Waals surface area contributed by atoms with Crippen LogP contribution in [0, 0.1) is 0 Å². The van der Waals surface area contributed by atoms with Crippen molar-refractivity contribution in [2.45, 2.75) is 27.7 Å². The Kier molecular flexibility index (Phi) is 7.05. The molecule has 2 amide bonds. The second-order valence-corrected chi connectivity index (χ2v) is 6.02. The Balaban J connectivity index is 2.64. The van der Waals surface area contributed by atoms with Gasteiger partial charge in [0.2, 0.25) is 0 Å². The van der Waals surface area contributed by atoms with Crippen LogP contribution < -0.4 is 9.47 Å². The fourth-order valence-electron chi connectivity index (χ4n) is 3.07. The number of carbonyl (C=O) groups is 2. The van der Waals surface area contributed by atoms with E-state index in [4.69, 9.17) is 9.47 Å². The third-order valence-corrected chi connectivity index (χ3v) is 4.68. The monoisotopic (exact) mass is 372 g/mol. The second kappa shape index (κ2) is 9.26. The number of carbonyl (C=O) groups excluding carboxylic acids is 2. The molecule has 146 valence electrons. The summed E-state index contributed by atoms with van der Waals surface area (Å²) in [6.07, 6.45) is -0.469. The molecule has 6 nitrogen and oxygen atoms in total. The quantitative estimate of drug-likeness (QED) is 0.732. The largest absolute Gasteiger partial charge is 0.496 e. The first-order valence-electron chi connectivity index (χ1n) is 9.37. The highest BCUT2D eigenvalue weighted by Gasteiger charge is 2.24. The number of methoxy groups -OCH3 is 1. The summed E-state index contributed by atoms with van der Waals surface area (Å²) in [5, 5.41) is 1.46. The number of ether oxygens (including phenoxy) is 2. The lowest BCUT2D eigenvalue weighted by atomic mass is 10.0. The van der Waals surface area contributed by atoms with Crippen LogP contribution in [0.2, 0.25) is 0 Å². The Bertz CT molecular complexity index is 811. The van der Waals surface area contributed by atoms with Crippen molar-refractivity contribution in [2.75, 3.05) is 33.3 Å². The van der Waals surface area contributed by atoms with E-state index in [9.17, 15) is 9.59 Å². The molecule has 0 unspecified atom stereocenters. The highest BCUT2D eigenvalue weighted by atomic mass is 16.6. The molecule has 0 aliphatic rings. The van der Waals surface area contributed by atoms with Crippen molar-refractivity contribution in [1.29, 1.82) is 0 Å². The molecule has 0 aliphatic heterocycles. The standard InChI is InChI=1S/C21H28N2O4/c1-6-22(7-2)20(24)17-14-13-15-16(11-10-12-18(15)26-5)19(17)27-21(25)23(8-3)9-4/h10-14H,6-9H2,1-5H3. The van der Waals surface area contributed by atoms with Crippen LogP contribution in [0.1, 0.15) is 38.1 Å². The number of benzene rings is 2. The van der Waals surface area contributed by atoms with Crippen molar-refractivity contribution >= 4 is 22.8 Å². The maximum Gasteiger partial charge on any atom is 0.415 e. The van der Waals surface area contributed by atoms with E-state index in [1.54, 1.807) is 23.0 Å². The van der Waals surface area contributed by atoms with E-state index < -0.39 is 6.09 Å². The molecule has 0 radical (unpaired) electrons. The summed E-state index contributed by atoms with van der Waals surface area (Å²) in [6.45, 7) is 9.84. The molecular formula is C21H28N2O4. The highest BCUT2D eigenvalue weighted by Crippen LogP contribution is 2.36. The van der Waals surface area contributed by atoms with Crippen molar-refractivity contribution in [2.24, 2.45) is 0 Å². The minimum Gasteiger partial charge on any atom is -0.496 e. The molecule has 2 aromatic rings. The minimum absolute atomic E-state index is 0.160. The summed E-state index contributed by atoms with van der Waals surface area (Å²) >= 11 is 0. The fraction of sp³-hybridized carbons (Fsp3) is 0.429. The molecular weight excluding hydrogens is 344 g/mol.